The first kappa shape index (κ1) is 31.6. The van der Waals surface area contributed by atoms with Crippen LogP contribution in [0.3, 0.4) is 0 Å². The van der Waals surface area contributed by atoms with Crippen LogP contribution in [0.2, 0.25) is 16.6 Å². The van der Waals surface area contributed by atoms with Crippen molar-refractivity contribution in [1.82, 2.24) is 19.9 Å². The highest BCUT2D eigenvalue weighted by molar-refractivity contribution is 6.93. The number of benzene rings is 1. The standard InChI is InChI=1S/C30H45F3N4O3Si/c1-17(2)37-16-34-25-11-23(10-24(27(25)37)30(31,32)33)39-14-22-13-29(38,12-21(9)35-22)26-15-40-28(36-26)41(18(3)4,19(5)6)20(7)8/h10-11,15-22,35,38H,12-14H2,1-9H3/t21-,22-,29?/m0/s1. The lowest BCUT2D eigenvalue weighted by Crippen LogP contribution is -2.57. The first-order chi connectivity index (χ1) is 19.0. The van der Waals surface area contributed by atoms with Crippen molar-refractivity contribution in [1.29, 1.82) is 0 Å². The third-order valence-electron chi connectivity index (χ3n) is 8.92. The summed E-state index contributed by atoms with van der Waals surface area (Å²) in [6, 6.07) is 2.02. The molecule has 0 spiro atoms. The molecule has 0 amide bonds. The van der Waals surface area contributed by atoms with Crippen LogP contribution in [0.25, 0.3) is 11.0 Å². The molecule has 0 radical (unpaired) electrons. The summed E-state index contributed by atoms with van der Waals surface area (Å²) in [6.45, 7) is 19.1. The van der Waals surface area contributed by atoms with E-state index < -0.39 is 25.4 Å². The molecule has 2 aromatic heterocycles. The fourth-order valence-corrected chi connectivity index (χ4v) is 13.4. The van der Waals surface area contributed by atoms with Gasteiger partial charge in [-0.15, -0.1) is 0 Å². The number of imidazole rings is 1. The van der Waals surface area contributed by atoms with Gasteiger partial charge in [0.15, 0.2) is 13.6 Å². The van der Waals surface area contributed by atoms with E-state index in [2.05, 4.69) is 51.8 Å². The maximum Gasteiger partial charge on any atom is 0.418 e. The lowest BCUT2D eigenvalue weighted by molar-refractivity contribution is -0.136. The molecule has 11 heteroatoms. The molecule has 1 fully saturated rings. The van der Waals surface area contributed by atoms with Gasteiger partial charge in [-0.1, -0.05) is 41.5 Å². The zero-order valence-electron chi connectivity index (χ0n) is 25.6. The third-order valence-corrected chi connectivity index (χ3v) is 15.6. The number of aromatic nitrogens is 3. The molecule has 3 heterocycles. The minimum atomic E-state index is -4.56. The second kappa shape index (κ2) is 11.4. The number of halogens is 3. The highest BCUT2D eigenvalue weighted by Gasteiger charge is 2.50. The van der Waals surface area contributed by atoms with Crippen molar-refractivity contribution < 1.29 is 27.4 Å². The number of alkyl halides is 3. The number of piperidine rings is 1. The summed E-state index contributed by atoms with van der Waals surface area (Å²) in [7, 11) is -2.15. The van der Waals surface area contributed by atoms with Crippen LogP contribution in [-0.2, 0) is 11.8 Å². The molecule has 3 aromatic rings. The summed E-state index contributed by atoms with van der Waals surface area (Å²) >= 11 is 0. The Balaban J connectivity index is 1.59. The molecule has 4 rings (SSSR count). The fraction of sp³-hybridized carbons (Fsp3) is 0.667. The third kappa shape index (κ3) is 5.81. The minimum absolute atomic E-state index is 0.0456. The molecule has 1 aliphatic heterocycles. The lowest BCUT2D eigenvalue weighted by Gasteiger charge is -2.40. The molecule has 228 valence electrons. The number of hydrogen-bond acceptors (Lipinski definition) is 6. The monoisotopic (exact) mass is 594 g/mol. The molecule has 1 saturated heterocycles. The van der Waals surface area contributed by atoms with Gasteiger partial charge in [0.25, 0.3) is 0 Å². The van der Waals surface area contributed by atoms with E-state index in [0.717, 1.165) is 11.6 Å². The van der Waals surface area contributed by atoms with Crippen molar-refractivity contribution in [3.63, 3.8) is 0 Å². The highest BCUT2D eigenvalue weighted by Crippen LogP contribution is 2.42. The van der Waals surface area contributed by atoms with E-state index in [1.165, 1.54) is 10.9 Å². The average molecular weight is 595 g/mol. The SMILES string of the molecule is CC(C)n1cnc2cc(OC[C@@H]3CC(O)(c4coc([Si](C(C)C)(C(C)C)C(C)C)n4)C[C@H](C)N3)cc(C(F)(F)F)c21. The van der Waals surface area contributed by atoms with E-state index >= 15 is 0 Å². The first-order valence-corrected chi connectivity index (χ1v) is 16.9. The molecule has 0 bridgehead atoms. The Bertz CT molecular complexity index is 1330. The summed E-state index contributed by atoms with van der Waals surface area (Å²) in [4.78, 5) is 9.17. The predicted molar refractivity (Wildman–Crippen MR) is 157 cm³/mol. The van der Waals surface area contributed by atoms with E-state index in [0.29, 0.717) is 35.2 Å². The van der Waals surface area contributed by atoms with Crippen molar-refractivity contribution in [3.05, 3.63) is 36.0 Å². The Morgan fingerprint density at radius 1 is 1.10 bits per heavy atom. The number of nitrogens with zero attached hydrogens (tertiary/aromatic N) is 3. The fourth-order valence-electron chi connectivity index (χ4n) is 7.29. The molecule has 1 aliphatic rings. The lowest BCUT2D eigenvalue weighted by atomic mass is 9.82. The van der Waals surface area contributed by atoms with Crippen molar-refractivity contribution in [2.75, 3.05) is 6.61 Å². The summed E-state index contributed by atoms with van der Waals surface area (Å²) < 4.78 is 55.7. The van der Waals surface area contributed by atoms with Crippen LogP contribution in [0.5, 0.6) is 5.75 Å². The van der Waals surface area contributed by atoms with Gasteiger partial charge in [0, 0.05) is 30.6 Å². The Hall–Kier alpha value is -2.37. The maximum absolute atomic E-state index is 14.0. The number of ether oxygens (including phenoxy) is 1. The number of nitrogens with one attached hydrogen (secondary N) is 1. The van der Waals surface area contributed by atoms with Crippen LogP contribution < -0.4 is 15.6 Å². The molecule has 1 unspecified atom stereocenters. The van der Waals surface area contributed by atoms with E-state index in [-0.39, 0.29) is 41.5 Å². The second-order valence-electron chi connectivity index (χ2n) is 13.0. The number of aliphatic hydroxyl groups is 1. The highest BCUT2D eigenvalue weighted by atomic mass is 28.3. The van der Waals surface area contributed by atoms with Crippen LogP contribution in [0, 0.1) is 0 Å². The van der Waals surface area contributed by atoms with Gasteiger partial charge in [-0.05, 0) is 49.9 Å². The van der Waals surface area contributed by atoms with Gasteiger partial charge in [0.2, 0.25) is 0 Å². The molecular weight excluding hydrogens is 549 g/mol. The largest absolute Gasteiger partial charge is 0.492 e. The van der Waals surface area contributed by atoms with Crippen LogP contribution in [0.15, 0.2) is 29.1 Å². The Morgan fingerprint density at radius 3 is 2.29 bits per heavy atom. The van der Waals surface area contributed by atoms with Gasteiger partial charge < -0.3 is 24.1 Å². The van der Waals surface area contributed by atoms with Crippen LogP contribution >= 0.6 is 0 Å². The van der Waals surface area contributed by atoms with Crippen molar-refractivity contribution in [2.45, 2.75) is 122 Å². The van der Waals surface area contributed by atoms with E-state index in [1.807, 2.05) is 20.8 Å². The van der Waals surface area contributed by atoms with Crippen LogP contribution in [-0.4, -0.2) is 46.4 Å². The molecule has 41 heavy (non-hydrogen) atoms. The molecule has 3 atom stereocenters. The number of rotatable bonds is 9. The molecule has 0 aliphatic carbocycles. The summed E-state index contributed by atoms with van der Waals surface area (Å²) in [6.07, 6.45) is -0.798. The first-order valence-electron chi connectivity index (χ1n) is 14.7. The van der Waals surface area contributed by atoms with Gasteiger partial charge in [-0.25, -0.2) is 9.97 Å². The van der Waals surface area contributed by atoms with Crippen molar-refractivity contribution in [2.24, 2.45) is 0 Å². The molecule has 1 aromatic carbocycles. The molecule has 2 N–H and O–H groups in total. The van der Waals surface area contributed by atoms with E-state index in [1.54, 1.807) is 12.3 Å². The van der Waals surface area contributed by atoms with Crippen LogP contribution in [0.4, 0.5) is 13.2 Å². The van der Waals surface area contributed by atoms with Gasteiger partial charge >= 0.3 is 6.18 Å². The summed E-state index contributed by atoms with van der Waals surface area (Å²) in [5.41, 5.74) is 0.757. The topological polar surface area (TPSA) is 85.3 Å². The van der Waals surface area contributed by atoms with E-state index in [9.17, 15) is 18.3 Å². The van der Waals surface area contributed by atoms with Gasteiger partial charge in [-0.2, -0.15) is 13.2 Å². The smallest absolute Gasteiger partial charge is 0.418 e. The zero-order chi connectivity index (χ0) is 30.5. The number of oxazole rings is 1. The zero-order valence-corrected chi connectivity index (χ0v) is 26.6. The minimum Gasteiger partial charge on any atom is -0.492 e. The van der Waals surface area contributed by atoms with E-state index in [4.69, 9.17) is 14.1 Å². The quantitative estimate of drug-likeness (QED) is 0.262. The van der Waals surface area contributed by atoms with Gasteiger partial charge in [0.1, 0.15) is 29.9 Å². The second-order valence-corrected chi connectivity index (χ2v) is 18.8. The molecule has 7 nitrogen and oxygen atoms in total. The number of fused-ring (bicyclic) bond motifs is 1. The van der Waals surface area contributed by atoms with Crippen LogP contribution in [0.1, 0.15) is 92.5 Å². The van der Waals surface area contributed by atoms with Crippen molar-refractivity contribution in [3.8, 4) is 5.75 Å². The Kier molecular flexibility index (Phi) is 8.75. The van der Waals surface area contributed by atoms with Gasteiger partial charge in [-0.3, -0.25) is 0 Å². The van der Waals surface area contributed by atoms with Gasteiger partial charge in [0.05, 0.1) is 22.9 Å². The predicted octanol–water partition coefficient (Wildman–Crippen LogP) is 6.92. The maximum atomic E-state index is 14.0. The van der Waals surface area contributed by atoms with Crippen molar-refractivity contribution >= 4 is 24.6 Å². The Morgan fingerprint density at radius 2 is 1.73 bits per heavy atom. The normalized spacial score (nSPS) is 22.6. The molecular formula is C30H45F3N4O3Si. The summed E-state index contributed by atoms with van der Waals surface area (Å²) in [5.74, 6) is 0.0905. The summed E-state index contributed by atoms with van der Waals surface area (Å²) in [5, 5.41) is 15.3. The molecule has 0 saturated carbocycles. The Labute approximate surface area is 241 Å². The number of hydrogen-bond donors (Lipinski definition) is 2. The average Bonchev–Trinajstić information content (AvgIpc) is 3.49.